The molecule has 0 aliphatic rings. The van der Waals surface area contributed by atoms with Crippen LogP contribution in [0.5, 0.6) is 5.75 Å². The van der Waals surface area contributed by atoms with Crippen LogP contribution in [0.1, 0.15) is 5.76 Å². The minimum atomic E-state index is 0.359. The smallest absolute Gasteiger partial charge is 0.174 e. The Labute approximate surface area is 89.0 Å². The van der Waals surface area contributed by atoms with Crippen LogP contribution in [0.4, 0.5) is 0 Å². The first-order valence-electron chi connectivity index (χ1n) is 3.97. The molecule has 5 heteroatoms. The average Bonchev–Trinajstić information content (AvgIpc) is 2.67. The van der Waals surface area contributed by atoms with Gasteiger partial charge in [-0.3, -0.25) is 4.98 Å². The van der Waals surface area contributed by atoms with Crippen molar-refractivity contribution in [3.63, 3.8) is 0 Å². The van der Waals surface area contributed by atoms with Gasteiger partial charge >= 0.3 is 0 Å². The van der Waals surface area contributed by atoms with E-state index in [2.05, 4.69) is 26.1 Å². The second kappa shape index (κ2) is 4.23. The molecule has 4 nitrogen and oxygen atoms in total. The fourth-order valence-corrected chi connectivity index (χ4v) is 1.29. The summed E-state index contributed by atoms with van der Waals surface area (Å²) in [6.45, 7) is 0.359. The molecule has 14 heavy (non-hydrogen) atoms. The van der Waals surface area contributed by atoms with Gasteiger partial charge in [0.05, 0.1) is 12.4 Å². The van der Waals surface area contributed by atoms with Gasteiger partial charge in [0.2, 0.25) is 0 Å². The lowest BCUT2D eigenvalue weighted by molar-refractivity contribution is 0.248. The molecule has 0 saturated carbocycles. The number of halogens is 1. The van der Waals surface area contributed by atoms with E-state index in [0.717, 1.165) is 4.47 Å². The molecular formula is C9H7BrN2O2. The van der Waals surface area contributed by atoms with Crippen molar-refractivity contribution >= 4 is 15.9 Å². The Morgan fingerprint density at radius 2 is 2.36 bits per heavy atom. The lowest BCUT2D eigenvalue weighted by Gasteiger charge is -2.02. The molecule has 0 aliphatic heterocycles. The first kappa shape index (κ1) is 9.21. The third-order valence-corrected chi connectivity index (χ3v) is 1.99. The molecule has 0 saturated heterocycles. The second-order valence-corrected chi connectivity index (χ2v) is 3.52. The van der Waals surface area contributed by atoms with E-state index in [1.165, 1.54) is 0 Å². The monoisotopic (exact) mass is 254 g/mol. The average molecular weight is 255 g/mol. The van der Waals surface area contributed by atoms with Gasteiger partial charge in [-0.05, 0) is 22.0 Å². The maximum atomic E-state index is 5.40. The quantitative estimate of drug-likeness (QED) is 0.844. The van der Waals surface area contributed by atoms with Crippen molar-refractivity contribution in [1.29, 1.82) is 0 Å². The highest BCUT2D eigenvalue weighted by Gasteiger charge is 1.99. The maximum absolute atomic E-state index is 5.40. The summed E-state index contributed by atoms with van der Waals surface area (Å²) in [5, 5.41) is 3.57. The molecule has 2 rings (SSSR count). The molecule has 2 aromatic heterocycles. The Morgan fingerprint density at radius 3 is 3.07 bits per heavy atom. The van der Waals surface area contributed by atoms with E-state index < -0.39 is 0 Å². The number of rotatable bonds is 3. The highest BCUT2D eigenvalue weighted by atomic mass is 79.9. The van der Waals surface area contributed by atoms with Gasteiger partial charge in [-0.2, -0.15) is 0 Å². The van der Waals surface area contributed by atoms with Crippen molar-refractivity contribution < 1.29 is 9.26 Å². The van der Waals surface area contributed by atoms with Crippen molar-refractivity contribution in [2.75, 3.05) is 0 Å². The number of hydrogen-bond acceptors (Lipinski definition) is 4. The SMILES string of the molecule is Brc1cncc(OCc2ccno2)c1. The van der Waals surface area contributed by atoms with Crippen molar-refractivity contribution in [1.82, 2.24) is 10.1 Å². The molecule has 0 radical (unpaired) electrons. The number of ether oxygens (including phenoxy) is 1. The van der Waals surface area contributed by atoms with Gasteiger partial charge in [-0.1, -0.05) is 5.16 Å². The molecule has 0 aromatic carbocycles. The van der Waals surface area contributed by atoms with Gasteiger partial charge in [0, 0.05) is 16.7 Å². The lowest BCUT2D eigenvalue weighted by Crippen LogP contribution is -1.93. The van der Waals surface area contributed by atoms with Gasteiger partial charge in [0.1, 0.15) is 12.4 Å². The molecule has 0 N–H and O–H groups in total. The Balaban J connectivity index is 1.98. The highest BCUT2D eigenvalue weighted by molar-refractivity contribution is 9.10. The third kappa shape index (κ3) is 2.32. The van der Waals surface area contributed by atoms with E-state index in [1.807, 2.05) is 6.07 Å². The summed E-state index contributed by atoms with van der Waals surface area (Å²) in [6, 6.07) is 3.59. The first-order chi connectivity index (χ1) is 6.84. The van der Waals surface area contributed by atoms with Crippen LogP contribution in [-0.2, 0) is 6.61 Å². The Bertz CT molecular complexity index is 403. The highest BCUT2D eigenvalue weighted by Crippen LogP contribution is 2.16. The van der Waals surface area contributed by atoms with E-state index >= 15 is 0 Å². The molecule has 0 unspecified atom stereocenters. The number of hydrogen-bond donors (Lipinski definition) is 0. The molecule has 0 atom stereocenters. The fraction of sp³-hybridized carbons (Fsp3) is 0.111. The molecular weight excluding hydrogens is 248 g/mol. The zero-order chi connectivity index (χ0) is 9.80. The van der Waals surface area contributed by atoms with Crippen LogP contribution >= 0.6 is 15.9 Å². The summed E-state index contributed by atoms with van der Waals surface area (Å²) in [5.41, 5.74) is 0. The molecule has 0 bridgehead atoms. The van der Waals surface area contributed by atoms with Gasteiger partial charge in [0.25, 0.3) is 0 Å². The summed E-state index contributed by atoms with van der Waals surface area (Å²) in [4.78, 5) is 3.97. The van der Waals surface area contributed by atoms with Crippen LogP contribution in [0.2, 0.25) is 0 Å². The molecule has 0 aliphatic carbocycles. The van der Waals surface area contributed by atoms with E-state index in [-0.39, 0.29) is 0 Å². The molecule has 2 aromatic rings. The van der Waals surface area contributed by atoms with E-state index in [0.29, 0.717) is 18.1 Å². The fourth-order valence-electron chi connectivity index (χ4n) is 0.942. The van der Waals surface area contributed by atoms with Crippen LogP contribution in [0.3, 0.4) is 0 Å². The predicted molar refractivity (Wildman–Crippen MR) is 52.8 cm³/mol. The molecule has 0 amide bonds. The van der Waals surface area contributed by atoms with E-state index in [9.17, 15) is 0 Å². The zero-order valence-corrected chi connectivity index (χ0v) is 8.77. The Kier molecular flexibility index (Phi) is 2.78. The largest absolute Gasteiger partial charge is 0.484 e. The summed E-state index contributed by atoms with van der Waals surface area (Å²) in [6.07, 6.45) is 4.92. The summed E-state index contributed by atoms with van der Waals surface area (Å²) < 4.78 is 11.2. The predicted octanol–water partition coefficient (Wildman–Crippen LogP) is 2.41. The number of aromatic nitrogens is 2. The maximum Gasteiger partial charge on any atom is 0.174 e. The zero-order valence-electron chi connectivity index (χ0n) is 7.18. The van der Waals surface area contributed by atoms with Crippen LogP contribution < -0.4 is 4.74 Å². The van der Waals surface area contributed by atoms with Crippen molar-refractivity contribution in [3.8, 4) is 5.75 Å². The van der Waals surface area contributed by atoms with Crippen LogP contribution in [0.15, 0.2) is 39.7 Å². The van der Waals surface area contributed by atoms with E-state index in [4.69, 9.17) is 9.26 Å². The summed E-state index contributed by atoms with van der Waals surface area (Å²) in [5.74, 6) is 1.38. The Morgan fingerprint density at radius 1 is 1.43 bits per heavy atom. The van der Waals surface area contributed by atoms with Gasteiger partial charge in [0.15, 0.2) is 5.76 Å². The number of pyridine rings is 1. The molecule has 0 spiro atoms. The Hall–Kier alpha value is -1.36. The lowest BCUT2D eigenvalue weighted by atomic mass is 10.4. The topological polar surface area (TPSA) is 48.2 Å². The number of nitrogens with zero attached hydrogens (tertiary/aromatic N) is 2. The summed E-state index contributed by atoms with van der Waals surface area (Å²) in [7, 11) is 0. The first-order valence-corrected chi connectivity index (χ1v) is 4.77. The third-order valence-electron chi connectivity index (χ3n) is 1.55. The van der Waals surface area contributed by atoms with Crippen molar-refractivity contribution in [2.45, 2.75) is 6.61 Å². The second-order valence-electron chi connectivity index (χ2n) is 2.61. The van der Waals surface area contributed by atoms with Gasteiger partial charge in [-0.15, -0.1) is 0 Å². The van der Waals surface area contributed by atoms with Crippen molar-refractivity contribution in [3.05, 3.63) is 41.0 Å². The molecule has 0 fully saturated rings. The summed E-state index contributed by atoms with van der Waals surface area (Å²) >= 11 is 3.30. The normalized spacial score (nSPS) is 10.1. The van der Waals surface area contributed by atoms with Gasteiger partial charge in [-0.25, -0.2) is 0 Å². The van der Waals surface area contributed by atoms with Crippen LogP contribution in [0, 0.1) is 0 Å². The molecule has 2 heterocycles. The van der Waals surface area contributed by atoms with Crippen molar-refractivity contribution in [2.24, 2.45) is 0 Å². The standard InChI is InChI=1S/C9H7BrN2O2/c10-7-3-9(5-11-4-7)13-6-8-1-2-12-14-8/h1-5H,6H2. The minimum absolute atomic E-state index is 0.359. The van der Waals surface area contributed by atoms with Crippen LogP contribution in [0.25, 0.3) is 0 Å². The van der Waals surface area contributed by atoms with Gasteiger partial charge < -0.3 is 9.26 Å². The van der Waals surface area contributed by atoms with E-state index in [1.54, 1.807) is 24.7 Å². The molecule has 72 valence electrons. The minimum Gasteiger partial charge on any atom is -0.484 e. The van der Waals surface area contributed by atoms with Crippen LogP contribution in [-0.4, -0.2) is 10.1 Å².